The van der Waals surface area contributed by atoms with Crippen molar-refractivity contribution in [1.29, 1.82) is 5.26 Å². The van der Waals surface area contributed by atoms with Crippen LogP contribution in [0.15, 0.2) is 36.4 Å². The van der Waals surface area contributed by atoms with E-state index in [-0.39, 0.29) is 5.15 Å². The molecule has 7 heteroatoms. The second-order valence-corrected chi connectivity index (χ2v) is 5.33. The first-order valence-corrected chi connectivity index (χ1v) is 7.23. The summed E-state index contributed by atoms with van der Waals surface area (Å²) in [7, 11) is 1.77. The SMILES string of the molecule is Cc1cc(N(C)NC(=S)Nc2ccccc2)nc(Cl)c1C#N. The van der Waals surface area contributed by atoms with Gasteiger partial charge in [-0.05, 0) is 42.9 Å². The highest BCUT2D eigenvalue weighted by Crippen LogP contribution is 2.21. The zero-order valence-electron chi connectivity index (χ0n) is 12.1. The van der Waals surface area contributed by atoms with Crippen LogP contribution in [0, 0.1) is 18.3 Å². The van der Waals surface area contributed by atoms with Gasteiger partial charge in [0.1, 0.15) is 17.0 Å². The topological polar surface area (TPSA) is 64.0 Å². The predicted octanol–water partition coefficient (Wildman–Crippen LogP) is 3.25. The van der Waals surface area contributed by atoms with Crippen molar-refractivity contribution >= 4 is 40.4 Å². The number of nitrogens with zero attached hydrogens (tertiary/aromatic N) is 3. The first kappa shape index (κ1) is 16.0. The van der Waals surface area contributed by atoms with Gasteiger partial charge < -0.3 is 5.32 Å². The Morgan fingerprint density at radius 1 is 1.36 bits per heavy atom. The van der Waals surface area contributed by atoms with Crippen LogP contribution in [0.25, 0.3) is 0 Å². The first-order valence-electron chi connectivity index (χ1n) is 6.45. The maximum atomic E-state index is 9.00. The number of hydrogen-bond donors (Lipinski definition) is 2. The van der Waals surface area contributed by atoms with E-state index in [0.717, 1.165) is 11.3 Å². The van der Waals surface area contributed by atoms with Gasteiger partial charge in [0.25, 0.3) is 0 Å². The van der Waals surface area contributed by atoms with E-state index in [9.17, 15) is 0 Å². The number of pyridine rings is 1. The van der Waals surface area contributed by atoms with Crippen molar-refractivity contribution in [1.82, 2.24) is 10.4 Å². The maximum Gasteiger partial charge on any atom is 0.189 e. The van der Waals surface area contributed by atoms with Crippen molar-refractivity contribution < 1.29 is 0 Å². The summed E-state index contributed by atoms with van der Waals surface area (Å²) in [6, 6.07) is 13.4. The van der Waals surface area contributed by atoms with Crippen molar-refractivity contribution in [2.45, 2.75) is 6.92 Å². The lowest BCUT2D eigenvalue weighted by Gasteiger charge is -2.22. The number of thiocarbonyl (C=S) groups is 1. The maximum absolute atomic E-state index is 9.00. The highest BCUT2D eigenvalue weighted by atomic mass is 35.5. The van der Waals surface area contributed by atoms with E-state index in [1.165, 1.54) is 0 Å². The molecule has 2 N–H and O–H groups in total. The number of hydrazine groups is 1. The van der Waals surface area contributed by atoms with Gasteiger partial charge in [-0.15, -0.1) is 0 Å². The van der Waals surface area contributed by atoms with Crippen LogP contribution in [0.4, 0.5) is 11.5 Å². The quantitative estimate of drug-likeness (QED) is 0.511. The Morgan fingerprint density at radius 3 is 2.64 bits per heavy atom. The molecular formula is C15H14ClN5S. The van der Waals surface area contributed by atoms with Crippen LogP contribution in [-0.4, -0.2) is 17.1 Å². The number of anilines is 2. The molecule has 1 heterocycles. The Balaban J connectivity index is 2.08. The molecule has 22 heavy (non-hydrogen) atoms. The van der Waals surface area contributed by atoms with Crippen LogP contribution in [-0.2, 0) is 0 Å². The lowest BCUT2D eigenvalue weighted by atomic mass is 10.2. The van der Waals surface area contributed by atoms with Crippen LogP contribution in [0.3, 0.4) is 0 Å². The third-order valence-electron chi connectivity index (χ3n) is 2.92. The summed E-state index contributed by atoms with van der Waals surface area (Å²) in [5.41, 5.74) is 5.01. The van der Waals surface area contributed by atoms with Crippen molar-refractivity contribution in [2.24, 2.45) is 0 Å². The molecule has 112 valence electrons. The summed E-state index contributed by atoms with van der Waals surface area (Å²) < 4.78 is 0. The number of para-hydroxylation sites is 1. The van der Waals surface area contributed by atoms with Gasteiger partial charge in [0, 0.05) is 12.7 Å². The predicted molar refractivity (Wildman–Crippen MR) is 92.9 cm³/mol. The average molecular weight is 332 g/mol. The summed E-state index contributed by atoms with van der Waals surface area (Å²) in [4.78, 5) is 4.18. The number of aryl methyl sites for hydroxylation is 1. The van der Waals surface area contributed by atoms with Crippen molar-refractivity contribution in [2.75, 3.05) is 17.4 Å². The van der Waals surface area contributed by atoms with E-state index in [4.69, 9.17) is 29.1 Å². The third-order valence-corrected chi connectivity index (χ3v) is 3.38. The molecule has 0 aliphatic carbocycles. The minimum absolute atomic E-state index is 0.174. The molecule has 1 aromatic carbocycles. The molecule has 0 atom stereocenters. The van der Waals surface area contributed by atoms with Crippen LogP contribution in [0.5, 0.6) is 0 Å². The van der Waals surface area contributed by atoms with Crippen molar-refractivity contribution in [3.8, 4) is 6.07 Å². The van der Waals surface area contributed by atoms with Crippen LogP contribution < -0.4 is 15.8 Å². The Morgan fingerprint density at radius 2 is 2.05 bits per heavy atom. The molecule has 0 amide bonds. The van der Waals surface area contributed by atoms with Gasteiger partial charge in [-0.2, -0.15) is 5.26 Å². The second-order valence-electron chi connectivity index (χ2n) is 4.57. The molecule has 0 saturated heterocycles. The molecule has 5 nitrogen and oxygen atoms in total. The zero-order valence-corrected chi connectivity index (χ0v) is 13.7. The summed E-state index contributed by atoms with van der Waals surface area (Å²) >= 11 is 11.3. The van der Waals surface area contributed by atoms with E-state index < -0.39 is 0 Å². The second kappa shape index (κ2) is 7.07. The molecule has 0 fully saturated rings. The molecule has 0 aliphatic heterocycles. The summed E-state index contributed by atoms with van der Waals surface area (Å²) in [6.45, 7) is 1.81. The van der Waals surface area contributed by atoms with Crippen molar-refractivity contribution in [3.63, 3.8) is 0 Å². The molecule has 1 aromatic heterocycles. The summed E-state index contributed by atoms with van der Waals surface area (Å²) in [5.74, 6) is 0.568. The van der Waals surface area contributed by atoms with Gasteiger partial charge in [0.2, 0.25) is 0 Å². The molecular weight excluding hydrogens is 318 g/mol. The smallest absolute Gasteiger partial charge is 0.189 e. The van der Waals surface area contributed by atoms with Gasteiger partial charge in [-0.1, -0.05) is 29.8 Å². The number of rotatable bonds is 3. The minimum Gasteiger partial charge on any atom is -0.331 e. The number of nitriles is 1. The Kier molecular flexibility index (Phi) is 5.15. The van der Waals surface area contributed by atoms with E-state index in [1.807, 2.05) is 43.3 Å². The zero-order chi connectivity index (χ0) is 16.1. The van der Waals surface area contributed by atoms with Gasteiger partial charge in [-0.3, -0.25) is 10.4 Å². The summed E-state index contributed by atoms with van der Waals surface area (Å²) in [5, 5.41) is 14.3. The lowest BCUT2D eigenvalue weighted by molar-refractivity contribution is 0.863. The largest absolute Gasteiger partial charge is 0.331 e. The van der Waals surface area contributed by atoms with E-state index in [0.29, 0.717) is 16.5 Å². The average Bonchev–Trinajstić information content (AvgIpc) is 2.47. The fourth-order valence-electron chi connectivity index (χ4n) is 1.81. The van der Waals surface area contributed by atoms with Gasteiger partial charge in [0.05, 0.1) is 5.56 Å². The van der Waals surface area contributed by atoms with E-state index in [2.05, 4.69) is 15.7 Å². The number of benzene rings is 1. The lowest BCUT2D eigenvalue weighted by Crippen LogP contribution is -2.42. The highest BCUT2D eigenvalue weighted by molar-refractivity contribution is 7.80. The van der Waals surface area contributed by atoms with Crippen molar-refractivity contribution in [3.05, 3.63) is 52.7 Å². The van der Waals surface area contributed by atoms with Crippen LogP contribution >= 0.6 is 23.8 Å². The fourth-order valence-corrected chi connectivity index (χ4v) is 2.35. The molecule has 0 spiro atoms. The van der Waals surface area contributed by atoms with Gasteiger partial charge in [-0.25, -0.2) is 4.98 Å². The number of hydrogen-bond acceptors (Lipinski definition) is 4. The number of nitrogens with one attached hydrogen (secondary N) is 2. The standard InChI is InChI=1S/C15H14ClN5S/c1-10-8-13(19-14(16)12(10)9-17)21(2)20-15(22)18-11-6-4-3-5-7-11/h3-8H,1-2H3,(H2,18,20,22). The fraction of sp³-hybridized carbons (Fsp3) is 0.133. The van der Waals surface area contributed by atoms with Gasteiger partial charge in [0.15, 0.2) is 5.11 Å². The molecule has 0 unspecified atom stereocenters. The Labute approximate surface area is 139 Å². The Bertz CT molecular complexity index is 703. The number of aromatic nitrogens is 1. The van der Waals surface area contributed by atoms with Gasteiger partial charge >= 0.3 is 0 Å². The van der Waals surface area contributed by atoms with E-state index in [1.54, 1.807) is 18.1 Å². The molecule has 2 rings (SSSR count). The Hall–Kier alpha value is -2.36. The van der Waals surface area contributed by atoms with E-state index >= 15 is 0 Å². The minimum atomic E-state index is 0.174. The molecule has 0 aliphatic rings. The highest BCUT2D eigenvalue weighted by Gasteiger charge is 2.11. The summed E-state index contributed by atoms with van der Waals surface area (Å²) in [6.07, 6.45) is 0. The monoisotopic (exact) mass is 331 g/mol. The molecule has 0 radical (unpaired) electrons. The first-order chi connectivity index (χ1) is 10.5. The molecule has 0 saturated carbocycles. The number of halogens is 1. The third kappa shape index (κ3) is 3.85. The van der Waals surface area contributed by atoms with Crippen LogP contribution in [0.2, 0.25) is 5.15 Å². The molecule has 0 bridgehead atoms. The molecule has 2 aromatic rings. The normalized spacial score (nSPS) is 9.73. The van der Waals surface area contributed by atoms with Crippen LogP contribution in [0.1, 0.15) is 11.1 Å².